The molecular formula is C15H20N4O2S. The molecule has 7 heteroatoms. The predicted octanol–water partition coefficient (Wildman–Crippen LogP) is 2.67. The average Bonchev–Trinajstić information content (AvgIpc) is 3.17. The number of aromatic nitrogens is 2. The van der Waals surface area contributed by atoms with Crippen LogP contribution in [0.2, 0.25) is 0 Å². The molecular weight excluding hydrogens is 300 g/mol. The van der Waals surface area contributed by atoms with Crippen LogP contribution in [0.15, 0.2) is 29.8 Å². The summed E-state index contributed by atoms with van der Waals surface area (Å²) in [5, 5.41) is 11.5. The summed E-state index contributed by atoms with van der Waals surface area (Å²) >= 11 is 1.34. The van der Waals surface area contributed by atoms with E-state index in [0.717, 1.165) is 6.42 Å². The van der Waals surface area contributed by atoms with Crippen molar-refractivity contribution in [2.45, 2.75) is 39.3 Å². The number of hydrogen-bond donors (Lipinski definition) is 2. The van der Waals surface area contributed by atoms with Crippen LogP contribution in [-0.2, 0) is 4.79 Å². The SMILES string of the molecule is CCC(C)n1nccc1NC(=O)C(C)NC(=O)c1cccs1. The van der Waals surface area contributed by atoms with Crippen LogP contribution in [0.25, 0.3) is 0 Å². The summed E-state index contributed by atoms with van der Waals surface area (Å²) in [4.78, 5) is 24.7. The van der Waals surface area contributed by atoms with Crippen molar-refractivity contribution in [2.24, 2.45) is 0 Å². The Labute approximate surface area is 133 Å². The molecule has 0 aliphatic rings. The molecule has 118 valence electrons. The van der Waals surface area contributed by atoms with Gasteiger partial charge in [0.05, 0.1) is 17.1 Å². The van der Waals surface area contributed by atoms with E-state index >= 15 is 0 Å². The Kier molecular flexibility index (Phi) is 5.32. The molecule has 2 heterocycles. The Hall–Kier alpha value is -2.15. The zero-order chi connectivity index (χ0) is 16.1. The van der Waals surface area contributed by atoms with Crippen LogP contribution in [0.1, 0.15) is 42.9 Å². The van der Waals surface area contributed by atoms with Gasteiger partial charge in [0, 0.05) is 6.07 Å². The first-order chi connectivity index (χ1) is 10.5. The van der Waals surface area contributed by atoms with Gasteiger partial charge in [0.1, 0.15) is 11.9 Å². The van der Waals surface area contributed by atoms with Crippen molar-refractivity contribution in [3.63, 3.8) is 0 Å². The average molecular weight is 320 g/mol. The number of nitrogens with zero attached hydrogens (tertiary/aromatic N) is 2. The van der Waals surface area contributed by atoms with E-state index in [-0.39, 0.29) is 17.9 Å². The van der Waals surface area contributed by atoms with Crippen molar-refractivity contribution < 1.29 is 9.59 Å². The zero-order valence-electron chi connectivity index (χ0n) is 12.9. The molecule has 0 bridgehead atoms. The van der Waals surface area contributed by atoms with Gasteiger partial charge in [-0.05, 0) is 31.7 Å². The second kappa shape index (κ2) is 7.22. The van der Waals surface area contributed by atoms with E-state index in [1.165, 1.54) is 11.3 Å². The van der Waals surface area contributed by atoms with Crippen LogP contribution in [0, 0.1) is 0 Å². The maximum absolute atomic E-state index is 12.2. The second-order valence-electron chi connectivity index (χ2n) is 5.08. The molecule has 2 unspecified atom stereocenters. The number of amides is 2. The third kappa shape index (κ3) is 3.73. The normalized spacial score (nSPS) is 13.4. The van der Waals surface area contributed by atoms with E-state index in [1.54, 1.807) is 36.0 Å². The lowest BCUT2D eigenvalue weighted by molar-refractivity contribution is -0.117. The molecule has 0 saturated heterocycles. The van der Waals surface area contributed by atoms with Crippen molar-refractivity contribution in [3.8, 4) is 0 Å². The molecule has 0 radical (unpaired) electrons. The minimum Gasteiger partial charge on any atom is -0.340 e. The standard InChI is InChI=1S/C15H20N4O2S/c1-4-10(2)19-13(7-8-16-19)18-14(20)11(3)17-15(21)12-6-5-9-22-12/h5-11H,4H2,1-3H3,(H,17,21)(H,18,20). The van der Waals surface area contributed by atoms with E-state index in [0.29, 0.717) is 10.7 Å². The van der Waals surface area contributed by atoms with Crippen LogP contribution in [0.3, 0.4) is 0 Å². The van der Waals surface area contributed by atoms with Crippen molar-refractivity contribution in [2.75, 3.05) is 5.32 Å². The van der Waals surface area contributed by atoms with E-state index in [1.807, 2.05) is 12.3 Å². The molecule has 0 spiro atoms. The lowest BCUT2D eigenvalue weighted by Crippen LogP contribution is -2.41. The van der Waals surface area contributed by atoms with Crippen LogP contribution in [0.4, 0.5) is 5.82 Å². The van der Waals surface area contributed by atoms with Gasteiger partial charge in [0.2, 0.25) is 5.91 Å². The maximum Gasteiger partial charge on any atom is 0.261 e. The van der Waals surface area contributed by atoms with Gasteiger partial charge in [0.15, 0.2) is 0 Å². The fraction of sp³-hybridized carbons (Fsp3) is 0.400. The molecule has 0 saturated carbocycles. The summed E-state index contributed by atoms with van der Waals surface area (Å²) in [6.45, 7) is 5.75. The molecule has 0 aromatic carbocycles. The quantitative estimate of drug-likeness (QED) is 0.859. The van der Waals surface area contributed by atoms with Crippen LogP contribution < -0.4 is 10.6 Å². The van der Waals surface area contributed by atoms with Gasteiger partial charge in [-0.2, -0.15) is 5.10 Å². The Balaban J connectivity index is 1.97. The third-order valence-electron chi connectivity index (χ3n) is 3.42. The lowest BCUT2D eigenvalue weighted by atomic mass is 10.2. The Morgan fingerprint density at radius 3 is 2.77 bits per heavy atom. The van der Waals surface area contributed by atoms with Crippen molar-refractivity contribution in [3.05, 3.63) is 34.7 Å². The number of rotatable bonds is 6. The molecule has 2 aromatic rings. The second-order valence-corrected chi connectivity index (χ2v) is 6.03. The largest absolute Gasteiger partial charge is 0.340 e. The number of carbonyl (C=O) groups is 2. The molecule has 2 N–H and O–H groups in total. The van der Waals surface area contributed by atoms with Crippen molar-refractivity contribution in [1.29, 1.82) is 0 Å². The molecule has 2 aromatic heterocycles. The Morgan fingerprint density at radius 1 is 1.36 bits per heavy atom. The highest BCUT2D eigenvalue weighted by molar-refractivity contribution is 7.12. The van der Waals surface area contributed by atoms with Crippen molar-refractivity contribution >= 4 is 29.0 Å². The number of hydrogen-bond acceptors (Lipinski definition) is 4. The third-order valence-corrected chi connectivity index (χ3v) is 4.28. The maximum atomic E-state index is 12.2. The van der Waals surface area contributed by atoms with Gasteiger partial charge < -0.3 is 10.6 Å². The monoisotopic (exact) mass is 320 g/mol. The van der Waals surface area contributed by atoms with E-state index in [9.17, 15) is 9.59 Å². The highest BCUT2D eigenvalue weighted by atomic mass is 32.1. The number of nitrogens with one attached hydrogen (secondary N) is 2. The summed E-state index contributed by atoms with van der Waals surface area (Å²) in [5.74, 6) is 0.125. The first-order valence-corrected chi connectivity index (χ1v) is 8.09. The van der Waals surface area contributed by atoms with Crippen molar-refractivity contribution in [1.82, 2.24) is 15.1 Å². The van der Waals surface area contributed by atoms with Gasteiger partial charge in [-0.1, -0.05) is 13.0 Å². The summed E-state index contributed by atoms with van der Waals surface area (Å²) in [6, 6.07) is 4.84. The number of anilines is 1. The fourth-order valence-corrected chi connectivity index (χ4v) is 2.54. The molecule has 0 aliphatic heterocycles. The van der Waals surface area contributed by atoms with Crippen LogP contribution >= 0.6 is 11.3 Å². The Bertz CT molecular complexity index is 636. The molecule has 0 aliphatic carbocycles. The molecule has 2 rings (SSSR count). The highest BCUT2D eigenvalue weighted by Gasteiger charge is 2.19. The number of carbonyl (C=O) groups excluding carboxylic acids is 2. The topological polar surface area (TPSA) is 76.0 Å². The molecule has 22 heavy (non-hydrogen) atoms. The summed E-state index contributed by atoms with van der Waals surface area (Å²) < 4.78 is 1.77. The minimum absolute atomic E-state index is 0.196. The smallest absolute Gasteiger partial charge is 0.261 e. The summed E-state index contributed by atoms with van der Waals surface area (Å²) in [6.07, 6.45) is 2.56. The lowest BCUT2D eigenvalue weighted by Gasteiger charge is -2.17. The van der Waals surface area contributed by atoms with E-state index in [2.05, 4.69) is 22.7 Å². The fourth-order valence-electron chi connectivity index (χ4n) is 1.91. The molecule has 2 atom stereocenters. The molecule has 0 fully saturated rings. The molecule has 2 amide bonds. The minimum atomic E-state index is -0.630. The Morgan fingerprint density at radius 2 is 2.14 bits per heavy atom. The number of thiophene rings is 1. The first-order valence-electron chi connectivity index (χ1n) is 7.21. The van der Waals surface area contributed by atoms with Gasteiger partial charge in [-0.15, -0.1) is 11.3 Å². The zero-order valence-corrected chi connectivity index (χ0v) is 13.7. The van der Waals surface area contributed by atoms with Crippen LogP contribution in [-0.4, -0.2) is 27.6 Å². The predicted molar refractivity (Wildman–Crippen MR) is 87.1 cm³/mol. The van der Waals surface area contributed by atoms with E-state index < -0.39 is 6.04 Å². The van der Waals surface area contributed by atoms with Gasteiger partial charge >= 0.3 is 0 Å². The first kappa shape index (κ1) is 16.2. The van der Waals surface area contributed by atoms with E-state index in [4.69, 9.17) is 0 Å². The van der Waals surface area contributed by atoms with Crippen LogP contribution in [0.5, 0.6) is 0 Å². The van der Waals surface area contributed by atoms with Gasteiger partial charge in [-0.25, -0.2) is 4.68 Å². The highest BCUT2D eigenvalue weighted by Crippen LogP contribution is 2.16. The van der Waals surface area contributed by atoms with Gasteiger partial charge in [-0.3, -0.25) is 9.59 Å². The van der Waals surface area contributed by atoms with Gasteiger partial charge in [0.25, 0.3) is 5.91 Å². The summed E-state index contributed by atoms with van der Waals surface area (Å²) in [5.41, 5.74) is 0. The molecule has 6 nitrogen and oxygen atoms in total. The summed E-state index contributed by atoms with van der Waals surface area (Å²) in [7, 11) is 0.